The van der Waals surface area contributed by atoms with Crippen molar-refractivity contribution in [1.29, 1.82) is 0 Å². The third kappa shape index (κ3) is 9.71. The van der Waals surface area contributed by atoms with Gasteiger partial charge in [-0.1, -0.05) is 46.8 Å². The highest BCUT2D eigenvalue weighted by molar-refractivity contribution is 5.49. The van der Waals surface area contributed by atoms with Crippen LogP contribution in [0.2, 0.25) is 0 Å². The zero-order valence-corrected chi connectivity index (χ0v) is 27.7. The maximum absolute atomic E-state index is 6.27. The van der Waals surface area contributed by atoms with E-state index in [9.17, 15) is 0 Å². The molecule has 1 aliphatic carbocycles. The number of rotatable bonds is 11. The summed E-state index contributed by atoms with van der Waals surface area (Å²) in [5.74, 6) is 0.768. The molecule has 5 nitrogen and oxygen atoms in total. The summed E-state index contributed by atoms with van der Waals surface area (Å²) in [6, 6.07) is 14.7. The summed E-state index contributed by atoms with van der Waals surface area (Å²) in [4.78, 5) is 7.09. The molecule has 0 amide bonds. The number of nitrogens with zero attached hydrogens (tertiary/aromatic N) is 2. The lowest BCUT2D eigenvalue weighted by atomic mass is 9.78. The van der Waals surface area contributed by atoms with E-state index in [0.717, 1.165) is 51.1 Å². The Kier molecular flexibility index (Phi) is 9.50. The minimum absolute atomic E-state index is 0.0481. The Hall–Kier alpha value is -2.11. The van der Waals surface area contributed by atoms with Gasteiger partial charge in [0, 0.05) is 54.2 Å². The van der Waals surface area contributed by atoms with E-state index < -0.39 is 0 Å². The summed E-state index contributed by atoms with van der Waals surface area (Å²) in [7, 11) is 0. The van der Waals surface area contributed by atoms with Gasteiger partial charge in [-0.2, -0.15) is 0 Å². The fraction of sp³-hybridized carbons (Fsp3) is 0.694. The minimum Gasteiger partial charge on any atom is -0.474 e. The first-order valence-electron chi connectivity index (χ1n) is 16.0. The van der Waals surface area contributed by atoms with Crippen LogP contribution in [0.3, 0.4) is 0 Å². The molecule has 1 atom stereocenters. The van der Waals surface area contributed by atoms with E-state index >= 15 is 0 Å². The SMILES string of the molecule is CC(C)(C)Cc1ccc(N2CC[C@H](NC(C)(C)CCC(C)(C)c3ccnc(OC4CC(NC(C)(C)C)C4)c3)C2)cc1. The van der Waals surface area contributed by atoms with Crippen molar-refractivity contribution in [1.82, 2.24) is 15.6 Å². The number of hydrogen-bond acceptors (Lipinski definition) is 5. The molecular formula is C36H58N4O. The highest BCUT2D eigenvalue weighted by Crippen LogP contribution is 2.34. The normalized spacial score (nSPS) is 22.1. The Morgan fingerprint density at radius 1 is 0.854 bits per heavy atom. The second-order valence-corrected chi connectivity index (χ2v) is 16.4. The molecule has 2 aromatic rings. The molecule has 0 unspecified atom stereocenters. The summed E-state index contributed by atoms with van der Waals surface area (Å²) in [6.07, 6.45) is 8.79. The van der Waals surface area contributed by atoms with Gasteiger partial charge in [0.25, 0.3) is 0 Å². The first kappa shape index (κ1) is 31.8. The van der Waals surface area contributed by atoms with Gasteiger partial charge >= 0.3 is 0 Å². The van der Waals surface area contributed by atoms with Gasteiger partial charge in [-0.3, -0.25) is 0 Å². The lowest BCUT2D eigenvalue weighted by molar-refractivity contribution is 0.0692. The van der Waals surface area contributed by atoms with Crippen molar-refractivity contribution in [3.8, 4) is 5.88 Å². The van der Waals surface area contributed by atoms with E-state index in [-0.39, 0.29) is 22.6 Å². The molecule has 228 valence electrons. The van der Waals surface area contributed by atoms with Crippen LogP contribution in [-0.2, 0) is 11.8 Å². The van der Waals surface area contributed by atoms with Crippen LogP contribution < -0.4 is 20.3 Å². The lowest BCUT2D eigenvalue weighted by Crippen LogP contribution is -2.53. The quantitative estimate of drug-likeness (QED) is 0.294. The number of aromatic nitrogens is 1. The van der Waals surface area contributed by atoms with Gasteiger partial charge in [0.15, 0.2) is 0 Å². The topological polar surface area (TPSA) is 49.4 Å². The summed E-state index contributed by atoms with van der Waals surface area (Å²) in [5.41, 5.74) is 4.68. The standard InChI is InChI=1S/C36H58N4O/c1-33(2,3)24-26-11-13-30(14-12-26)40-20-16-28(25-40)39-36(9,10)18-17-35(7,8)27-15-19-37-32(21-27)41-31-22-29(23-31)38-34(4,5)6/h11-15,19,21,28-29,31,38-39H,16-18,20,22-25H2,1-10H3/t28-,29?,31?/m0/s1. The summed E-state index contributed by atoms with van der Waals surface area (Å²) < 4.78 is 6.27. The molecule has 1 saturated heterocycles. The van der Waals surface area contributed by atoms with Gasteiger partial charge in [0.2, 0.25) is 5.88 Å². The van der Waals surface area contributed by atoms with Crippen molar-refractivity contribution in [2.24, 2.45) is 5.41 Å². The van der Waals surface area contributed by atoms with Crippen molar-refractivity contribution in [2.45, 2.75) is 142 Å². The Morgan fingerprint density at radius 2 is 1.54 bits per heavy atom. The average Bonchev–Trinajstić information content (AvgIpc) is 3.28. The Balaban J connectivity index is 1.25. The number of pyridine rings is 1. The number of ether oxygens (including phenoxy) is 1. The van der Waals surface area contributed by atoms with Crippen LogP contribution >= 0.6 is 0 Å². The van der Waals surface area contributed by atoms with Crippen molar-refractivity contribution in [3.05, 3.63) is 53.7 Å². The Bertz CT molecular complexity index is 1120. The molecule has 2 N–H and O–H groups in total. The molecule has 2 heterocycles. The molecule has 1 saturated carbocycles. The van der Waals surface area contributed by atoms with Crippen molar-refractivity contribution < 1.29 is 4.74 Å². The third-order valence-electron chi connectivity index (χ3n) is 8.73. The maximum atomic E-state index is 6.27. The van der Waals surface area contributed by atoms with Crippen LogP contribution in [0.15, 0.2) is 42.6 Å². The van der Waals surface area contributed by atoms with E-state index in [1.807, 2.05) is 6.20 Å². The minimum atomic E-state index is 0.0481. The molecule has 0 radical (unpaired) electrons. The number of anilines is 1. The van der Waals surface area contributed by atoms with Crippen molar-refractivity contribution in [2.75, 3.05) is 18.0 Å². The van der Waals surface area contributed by atoms with Gasteiger partial charge in [0.05, 0.1) is 0 Å². The lowest BCUT2D eigenvalue weighted by Gasteiger charge is -2.40. The van der Waals surface area contributed by atoms with E-state index in [1.165, 1.54) is 23.2 Å². The van der Waals surface area contributed by atoms with Crippen LogP contribution in [0.4, 0.5) is 5.69 Å². The van der Waals surface area contributed by atoms with Gasteiger partial charge in [-0.05, 0) is 113 Å². The smallest absolute Gasteiger partial charge is 0.213 e. The van der Waals surface area contributed by atoms with Crippen LogP contribution in [0.5, 0.6) is 5.88 Å². The molecule has 0 bridgehead atoms. The number of benzene rings is 1. The zero-order valence-electron chi connectivity index (χ0n) is 27.7. The first-order chi connectivity index (χ1) is 19.0. The number of nitrogens with one attached hydrogen (secondary N) is 2. The molecule has 0 spiro atoms. The summed E-state index contributed by atoms with van der Waals surface area (Å²) in [5, 5.41) is 7.68. The molecule has 1 aromatic carbocycles. The molecule has 5 heteroatoms. The first-order valence-corrected chi connectivity index (χ1v) is 16.0. The second-order valence-electron chi connectivity index (χ2n) is 16.4. The van der Waals surface area contributed by atoms with Crippen LogP contribution in [0.1, 0.15) is 112 Å². The highest BCUT2D eigenvalue weighted by Gasteiger charge is 2.34. The third-order valence-corrected chi connectivity index (χ3v) is 8.73. The van der Waals surface area contributed by atoms with Gasteiger partial charge in [0.1, 0.15) is 6.10 Å². The zero-order chi connectivity index (χ0) is 30.1. The second kappa shape index (κ2) is 12.2. The fourth-order valence-electron chi connectivity index (χ4n) is 6.40. The van der Waals surface area contributed by atoms with Crippen molar-refractivity contribution >= 4 is 5.69 Å². The molecular weight excluding hydrogens is 504 g/mol. The van der Waals surface area contributed by atoms with Crippen molar-refractivity contribution in [3.63, 3.8) is 0 Å². The summed E-state index contributed by atoms with van der Waals surface area (Å²) in [6.45, 7) is 25.2. The van der Waals surface area contributed by atoms with Crippen LogP contribution in [0, 0.1) is 5.41 Å². The van der Waals surface area contributed by atoms with Gasteiger partial charge < -0.3 is 20.3 Å². The van der Waals surface area contributed by atoms with E-state index in [4.69, 9.17) is 4.74 Å². The fourth-order valence-corrected chi connectivity index (χ4v) is 6.40. The van der Waals surface area contributed by atoms with Crippen LogP contribution in [0.25, 0.3) is 0 Å². The number of hydrogen-bond donors (Lipinski definition) is 2. The average molecular weight is 563 g/mol. The molecule has 4 rings (SSSR count). The van der Waals surface area contributed by atoms with Crippen LogP contribution in [-0.4, -0.2) is 47.3 Å². The Labute approximate surface area is 251 Å². The Morgan fingerprint density at radius 3 is 2.17 bits per heavy atom. The van der Waals surface area contributed by atoms with E-state index in [1.54, 1.807) is 0 Å². The highest BCUT2D eigenvalue weighted by atomic mass is 16.5. The summed E-state index contributed by atoms with van der Waals surface area (Å²) >= 11 is 0. The monoisotopic (exact) mass is 562 g/mol. The molecule has 1 aliphatic heterocycles. The molecule has 2 fully saturated rings. The molecule has 41 heavy (non-hydrogen) atoms. The predicted molar refractivity (Wildman–Crippen MR) is 174 cm³/mol. The van der Waals surface area contributed by atoms with E-state index in [2.05, 4.69) is 126 Å². The largest absolute Gasteiger partial charge is 0.474 e. The van der Waals surface area contributed by atoms with Gasteiger partial charge in [-0.25, -0.2) is 4.98 Å². The predicted octanol–water partition coefficient (Wildman–Crippen LogP) is 7.67. The molecule has 1 aromatic heterocycles. The maximum Gasteiger partial charge on any atom is 0.213 e. The molecule has 2 aliphatic rings. The van der Waals surface area contributed by atoms with E-state index in [0.29, 0.717) is 17.5 Å². The van der Waals surface area contributed by atoms with Gasteiger partial charge in [-0.15, -0.1) is 0 Å².